The normalized spacial score (nSPS) is 14.7. The van der Waals surface area contributed by atoms with Crippen LogP contribution < -0.4 is 15.8 Å². The Kier molecular flexibility index (Phi) is 5.92. The molecule has 0 amide bonds. The maximum absolute atomic E-state index is 12.7. The van der Waals surface area contributed by atoms with E-state index in [1.54, 1.807) is 30.5 Å². The minimum absolute atomic E-state index is 0.129. The Balaban J connectivity index is 1.45. The van der Waals surface area contributed by atoms with Crippen molar-refractivity contribution in [3.05, 3.63) is 68.4 Å². The van der Waals surface area contributed by atoms with E-state index in [4.69, 9.17) is 23.2 Å². The topological polar surface area (TPSA) is 75.9 Å². The third kappa shape index (κ3) is 4.42. The number of piperidine rings is 1. The second-order valence-electron chi connectivity index (χ2n) is 7.39. The van der Waals surface area contributed by atoms with E-state index in [1.165, 1.54) is 4.68 Å². The average Bonchev–Trinajstić information content (AvgIpc) is 2.72. The number of aryl methyl sites for hydroxylation is 2. The lowest BCUT2D eigenvalue weighted by Gasteiger charge is -2.33. The number of anilines is 2. The first-order chi connectivity index (χ1) is 14.4. The van der Waals surface area contributed by atoms with E-state index >= 15 is 0 Å². The first kappa shape index (κ1) is 20.6. The molecule has 0 aliphatic carbocycles. The summed E-state index contributed by atoms with van der Waals surface area (Å²) in [4.78, 5) is 23.8. The molecule has 0 unspecified atom stereocenters. The highest BCUT2D eigenvalue weighted by molar-refractivity contribution is 6.33. The largest absolute Gasteiger partial charge is 0.380 e. The lowest BCUT2D eigenvalue weighted by molar-refractivity contribution is 0.522. The minimum Gasteiger partial charge on any atom is -0.380 e. The van der Waals surface area contributed by atoms with Gasteiger partial charge < -0.3 is 10.2 Å². The van der Waals surface area contributed by atoms with Gasteiger partial charge in [-0.1, -0.05) is 23.2 Å². The lowest BCUT2D eigenvalue weighted by atomic mass is 10.0. The van der Waals surface area contributed by atoms with Gasteiger partial charge in [0, 0.05) is 35.9 Å². The van der Waals surface area contributed by atoms with Gasteiger partial charge in [-0.3, -0.25) is 4.79 Å². The lowest BCUT2D eigenvalue weighted by Crippen LogP contribution is -2.40. The summed E-state index contributed by atoms with van der Waals surface area (Å²) in [5.41, 5.74) is 1.77. The van der Waals surface area contributed by atoms with Crippen LogP contribution in [0.4, 0.5) is 11.5 Å². The Labute approximate surface area is 184 Å². The Morgan fingerprint density at radius 1 is 1.07 bits per heavy atom. The molecule has 3 heterocycles. The molecule has 9 heteroatoms. The summed E-state index contributed by atoms with van der Waals surface area (Å²) >= 11 is 12.3. The van der Waals surface area contributed by atoms with Crippen molar-refractivity contribution >= 4 is 34.7 Å². The zero-order valence-corrected chi connectivity index (χ0v) is 18.3. The van der Waals surface area contributed by atoms with Crippen molar-refractivity contribution in [3.63, 3.8) is 0 Å². The number of benzene rings is 1. The van der Waals surface area contributed by atoms with E-state index in [0.717, 1.165) is 43.3 Å². The van der Waals surface area contributed by atoms with Crippen LogP contribution in [0.1, 0.15) is 24.4 Å². The van der Waals surface area contributed by atoms with Gasteiger partial charge in [-0.15, -0.1) is 0 Å². The molecule has 3 aromatic rings. The number of aromatic nitrogens is 4. The molecule has 1 N–H and O–H groups in total. The molecule has 0 radical (unpaired) electrons. The molecule has 4 rings (SSSR count). The summed E-state index contributed by atoms with van der Waals surface area (Å²) in [7, 11) is 0. The third-order valence-electron chi connectivity index (χ3n) is 5.12. The zero-order chi connectivity index (χ0) is 21.3. The molecule has 1 aliphatic rings. The van der Waals surface area contributed by atoms with Crippen molar-refractivity contribution in [2.45, 2.75) is 32.7 Å². The van der Waals surface area contributed by atoms with Crippen LogP contribution in [0.15, 0.2) is 41.3 Å². The summed E-state index contributed by atoms with van der Waals surface area (Å²) < 4.78 is 1.27. The second kappa shape index (κ2) is 8.62. The molecule has 30 heavy (non-hydrogen) atoms. The van der Waals surface area contributed by atoms with E-state index in [-0.39, 0.29) is 16.6 Å². The van der Waals surface area contributed by atoms with Crippen molar-refractivity contribution < 1.29 is 0 Å². The maximum atomic E-state index is 12.7. The highest BCUT2D eigenvalue weighted by Crippen LogP contribution is 2.24. The standard InChI is InChI=1S/C21H22Cl2N6O/c1-13-11-19(26-14(2)25-13)28-9-7-16(8-10-28)27-18-12-24-29(21(30)20(18)23)17-5-3-15(22)4-6-17/h3-6,11-12,16,27H,7-10H2,1-2H3. The number of halogens is 2. The van der Waals surface area contributed by atoms with Crippen molar-refractivity contribution in [2.75, 3.05) is 23.3 Å². The molecular formula is C21H22Cl2N6O. The first-order valence-corrected chi connectivity index (χ1v) is 10.5. The molecule has 1 aromatic carbocycles. The van der Waals surface area contributed by atoms with Gasteiger partial charge in [0.2, 0.25) is 0 Å². The Morgan fingerprint density at radius 2 is 1.77 bits per heavy atom. The van der Waals surface area contributed by atoms with Gasteiger partial charge in [-0.25, -0.2) is 9.97 Å². The van der Waals surface area contributed by atoms with Crippen molar-refractivity contribution in [2.24, 2.45) is 0 Å². The van der Waals surface area contributed by atoms with Crippen LogP contribution >= 0.6 is 23.2 Å². The average molecular weight is 445 g/mol. The maximum Gasteiger partial charge on any atom is 0.292 e. The summed E-state index contributed by atoms with van der Waals surface area (Å²) in [6.45, 7) is 5.61. The molecule has 0 atom stereocenters. The molecule has 156 valence electrons. The monoisotopic (exact) mass is 444 g/mol. The molecule has 0 spiro atoms. The number of nitrogens with one attached hydrogen (secondary N) is 1. The quantitative estimate of drug-likeness (QED) is 0.654. The zero-order valence-electron chi connectivity index (χ0n) is 16.8. The first-order valence-electron chi connectivity index (χ1n) is 9.78. The number of hydrogen-bond donors (Lipinski definition) is 1. The van der Waals surface area contributed by atoms with Crippen molar-refractivity contribution in [1.82, 2.24) is 19.7 Å². The molecule has 0 saturated carbocycles. The predicted molar refractivity (Wildman–Crippen MR) is 120 cm³/mol. The van der Waals surface area contributed by atoms with Crippen molar-refractivity contribution in [3.8, 4) is 5.69 Å². The fourth-order valence-corrected chi connectivity index (χ4v) is 3.94. The van der Waals surface area contributed by atoms with Gasteiger partial charge in [0.25, 0.3) is 5.56 Å². The fraction of sp³-hybridized carbons (Fsp3) is 0.333. The number of nitrogens with zero attached hydrogens (tertiary/aromatic N) is 5. The van der Waals surface area contributed by atoms with Crippen LogP contribution in [-0.4, -0.2) is 38.9 Å². The van der Waals surface area contributed by atoms with Gasteiger partial charge in [0.05, 0.1) is 17.6 Å². The van der Waals surface area contributed by atoms with Crippen LogP contribution in [0.5, 0.6) is 0 Å². The second-order valence-corrected chi connectivity index (χ2v) is 8.20. The van der Waals surface area contributed by atoms with E-state index in [0.29, 0.717) is 16.4 Å². The van der Waals surface area contributed by atoms with Gasteiger partial charge in [0.1, 0.15) is 16.7 Å². The third-order valence-corrected chi connectivity index (χ3v) is 5.74. The number of hydrogen-bond acceptors (Lipinski definition) is 6. The minimum atomic E-state index is -0.367. The van der Waals surface area contributed by atoms with Gasteiger partial charge in [-0.2, -0.15) is 9.78 Å². The van der Waals surface area contributed by atoms with E-state index in [9.17, 15) is 4.79 Å². The van der Waals surface area contributed by atoms with E-state index in [2.05, 4.69) is 25.3 Å². The van der Waals surface area contributed by atoms with Gasteiger partial charge >= 0.3 is 0 Å². The van der Waals surface area contributed by atoms with Crippen LogP contribution in [0, 0.1) is 13.8 Å². The smallest absolute Gasteiger partial charge is 0.292 e. The van der Waals surface area contributed by atoms with Crippen LogP contribution in [0.2, 0.25) is 10.0 Å². The molecule has 1 aliphatic heterocycles. The Morgan fingerprint density at radius 3 is 2.43 bits per heavy atom. The van der Waals surface area contributed by atoms with Gasteiger partial charge in [-0.05, 0) is 51.0 Å². The molecule has 7 nitrogen and oxygen atoms in total. The highest BCUT2D eigenvalue weighted by Gasteiger charge is 2.22. The van der Waals surface area contributed by atoms with Crippen LogP contribution in [0.25, 0.3) is 5.69 Å². The highest BCUT2D eigenvalue weighted by atomic mass is 35.5. The van der Waals surface area contributed by atoms with E-state index < -0.39 is 0 Å². The molecular weight excluding hydrogens is 423 g/mol. The van der Waals surface area contributed by atoms with Crippen molar-refractivity contribution in [1.29, 1.82) is 0 Å². The number of rotatable bonds is 4. The summed E-state index contributed by atoms with van der Waals surface area (Å²) in [5.74, 6) is 1.74. The predicted octanol–water partition coefficient (Wildman–Crippen LogP) is 4.03. The molecule has 1 fully saturated rings. The van der Waals surface area contributed by atoms with Gasteiger partial charge in [0.15, 0.2) is 0 Å². The molecule has 1 saturated heterocycles. The molecule has 0 bridgehead atoms. The van der Waals surface area contributed by atoms with Crippen LogP contribution in [0.3, 0.4) is 0 Å². The fourth-order valence-electron chi connectivity index (χ4n) is 3.63. The Bertz CT molecular complexity index is 1090. The summed E-state index contributed by atoms with van der Waals surface area (Å²) in [6, 6.07) is 9.09. The van der Waals surface area contributed by atoms with E-state index in [1.807, 2.05) is 19.9 Å². The SMILES string of the molecule is Cc1cc(N2CCC(Nc3cnn(-c4ccc(Cl)cc4)c(=O)c3Cl)CC2)nc(C)n1. The Hall–Kier alpha value is -2.64. The van der Waals surface area contributed by atoms with Crippen LogP contribution in [-0.2, 0) is 0 Å². The molecule has 2 aromatic heterocycles. The summed E-state index contributed by atoms with van der Waals surface area (Å²) in [6.07, 6.45) is 3.40. The summed E-state index contributed by atoms with van der Waals surface area (Å²) in [5, 5.41) is 8.38.